The van der Waals surface area contributed by atoms with E-state index in [2.05, 4.69) is 4.98 Å². The first-order valence-corrected chi connectivity index (χ1v) is 5.63. The Hall–Kier alpha value is -1.97. The van der Waals surface area contributed by atoms with Crippen molar-refractivity contribution in [3.8, 4) is 5.75 Å². The molecule has 1 heterocycles. The molecule has 0 N–H and O–H groups in total. The van der Waals surface area contributed by atoms with Crippen molar-refractivity contribution in [3.63, 3.8) is 0 Å². The van der Waals surface area contributed by atoms with Gasteiger partial charge in [-0.25, -0.2) is 0 Å². The largest absolute Gasteiger partial charge is 0.497 e. The molecule has 0 saturated heterocycles. The van der Waals surface area contributed by atoms with E-state index in [1.165, 1.54) is 12.1 Å². The van der Waals surface area contributed by atoms with Crippen LogP contribution in [-0.4, -0.2) is 12.1 Å². The third-order valence-corrected chi connectivity index (χ3v) is 2.73. The fourth-order valence-corrected chi connectivity index (χ4v) is 1.70. The first-order valence-electron chi connectivity index (χ1n) is 5.63. The van der Waals surface area contributed by atoms with Gasteiger partial charge in [-0.3, -0.25) is 0 Å². The zero-order valence-electron chi connectivity index (χ0n) is 9.99. The lowest BCUT2D eigenvalue weighted by Crippen LogP contribution is -1.99. The molecule has 2 rings (SSSR count). The highest BCUT2D eigenvalue weighted by Gasteiger charge is 2.05. The van der Waals surface area contributed by atoms with E-state index in [-0.39, 0.29) is 0 Å². The van der Waals surface area contributed by atoms with Crippen LogP contribution in [0, 0.1) is 11.9 Å². The molecule has 0 amide bonds. The zero-order chi connectivity index (χ0) is 13.0. The molecule has 0 atom stereocenters. The van der Waals surface area contributed by atoms with Crippen LogP contribution in [0.15, 0.2) is 36.4 Å². The Morgan fingerprint density at radius 2 is 1.72 bits per heavy atom. The minimum Gasteiger partial charge on any atom is -0.497 e. The Morgan fingerprint density at radius 3 is 2.33 bits per heavy atom. The number of benzene rings is 1. The summed E-state index contributed by atoms with van der Waals surface area (Å²) in [5.74, 6) is -0.738. The van der Waals surface area contributed by atoms with Crippen LogP contribution < -0.4 is 4.74 Å². The van der Waals surface area contributed by atoms with Crippen LogP contribution in [0.2, 0.25) is 0 Å². The summed E-state index contributed by atoms with van der Waals surface area (Å²) in [6, 6.07) is 10.2. The van der Waals surface area contributed by atoms with Gasteiger partial charge in [-0.1, -0.05) is 12.1 Å². The predicted octanol–water partition coefficient (Wildman–Crippen LogP) is 3.15. The molecule has 2 aromatic rings. The van der Waals surface area contributed by atoms with E-state index in [0.29, 0.717) is 18.4 Å². The molecule has 0 aliphatic rings. The smallest absolute Gasteiger partial charge is 0.218 e. The molecule has 0 spiro atoms. The van der Waals surface area contributed by atoms with Gasteiger partial charge in [0.25, 0.3) is 0 Å². The molecule has 4 heteroatoms. The molecule has 2 nitrogen and oxygen atoms in total. The van der Waals surface area contributed by atoms with Crippen molar-refractivity contribution >= 4 is 0 Å². The molecule has 0 saturated carbocycles. The van der Waals surface area contributed by atoms with Crippen molar-refractivity contribution in [2.45, 2.75) is 12.8 Å². The minimum atomic E-state index is -0.791. The Kier molecular flexibility index (Phi) is 3.87. The summed E-state index contributed by atoms with van der Waals surface area (Å²) < 4.78 is 31.0. The lowest BCUT2D eigenvalue weighted by molar-refractivity contribution is 0.414. The SMILES string of the molecule is COc1ccc(CCc2ccc(F)nc2F)cc1. The Labute approximate surface area is 104 Å². The fraction of sp³-hybridized carbons (Fsp3) is 0.214. The second-order valence-corrected chi connectivity index (χ2v) is 3.93. The quantitative estimate of drug-likeness (QED) is 0.776. The molecule has 1 aromatic heterocycles. The molecule has 0 aliphatic carbocycles. The number of hydrogen-bond donors (Lipinski definition) is 0. The van der Waals surface area contributed by atoms with Gasteiger partial charge in [-0.2, -0.15) is 13.8 Å². The van der Waals surface area contributed by atoms with Crippen molar-refractivity contribution in [2.24, 2.45) is 0 Å². The number of rotatable bonds is 4. The lowest BCUT2D eigenvalue weighted by Gasteiger charge is -2.04. The maximum Gasteiger partial charge on any atom is 0.218 e. The third kappa shape index (κ3) is 3.03. The maximum absolute atomic E-state index is 13.3. The number of ether oxygens (including phenoxy) is 1. The molecular weight excluding hydrogens is 236 g/mol. The molecule has 18 heavy (non-hydrogen) atoms. The monoisotopic (exact) mass is 249 g/mol. The van der Waals surface area contributed by atoms with Gasteiger partial charge in [-0.15, -0.1) is 0 Å². The van der Waals surface area contributed by atoms with Crippen molar-refractivity contribution < 1.29 is 13.5 Å². The molecule has 0 bridgehead atoms. The van der Waals surface area contributed by atoms with E-state index >= 15 is 0 Å². The van der Waals surface area contributed by atoms with Gasteiger partial charge in [0, 0.05) is 5.56 Å². The van der Waals surface area contributed by atoms with Gasteiger partial charge in [0.2, 0.25) is 11.9 Å². The number of aryl methyl sites for hydroxylation is 2. The normalized spacial score (nSPS) is 10.4. The molecule has 0 aliphatic heterocycles. The highest BCUT2D eigenvalue weighted by molar-refractivity contribution is 5.28. The Morgan fingerprint density at radius 1 is 1.00 bits per heavy atom. The summed E-state index contributed by atoms with van der Waals surface area (Å²) in [5.41, 5.74) is 1.49. The van der Waals surface area contributed by atoms with Gasteiger partial charge < -0.3 is 4.74 Å². The molecule has 0 fully saturated rings. The molecule has 1 aromatic carbocycles. The van der Waals surface area contributed by atoms with E-state index in [1.54, 1.807) is 7.11 Å². The predicted molar refractivity (Wildman–Crippen MR) is 64.6 cm³/mol. The van der Waals surface area contributed by atoms with E-state index in [0.717, 1.165) is 11.3 Å². The molecule has 0 unspecified atom stereocenters. The van der Waals surface area contributed by atoms with Gasteiger partial charge in [-0.05, 0) is 42.7 Å². The third-order valence-electron chi connectivity index (χ3n) is 2.73. The van der Waals surface area contributed by atoms with E-state index in [4.69, 9.17) is 4.74 Å². The summed E-state index contributed by atoms with van der Waals surface area (Å²) >= 11 is 0. The number of pyridine rings is 1. The maximum atomic E-state index is 13.3. The highest BCUT2D eigenvalue weighted by Crippen LogP contribution is 2.14. The fourth-order valence-electron chi connectivity index (χ4n) is 1.70. The highest BCUT2D eigenvalue weighted by atomic mass is 19.1. The Balaban J connectivity index is 2.02. The van der Waals surface area contributed by atoms with Crippen molar-refractivity contribution in [1.82, 2.24) is 4.98 Å². The second kappa shape index (κ2) is 5.58. The summed E-state index contributed by atoms with van der Waals surface area (Å²) in [6.07, 6.45) is 1.17. The minimum absolute atomic E-state index is 0.423. The average molecular weight is 249 g/mol. The van der Waals surface area contributed by atoms with Crippen LogP contribution in [-0.2, 0) is 12.8 Å². The number of aromatic nitrogens is 1. The molecular formula is C14H13F2NO. The van der Waals surface area contributed by atoms with Gasteiger partial charge in [0.1, 0.15) is 5.75 Å². The van der Waals surface area contributed by atoms with Crippen molar-refractivity contribution in [1.29, 1.82) is 0 Å². The summed E-state index contributed by atoms with van der Waals surface area (Å²) in [5, 5.41) is 0. The van der Waals surface area contributed by atoms with Gasteiger partial charge >= 0.3 is 0 Å². The van der Waals surface area contributed by atoms with Crippen molar-refractivity contribution in [3.05, 3.63) is 59.4 Å². The van der Waals surface area contributed by atoms with Crippen LogP contribution in [0.25, 0.3) is 0 Å². The summed E-state index contributed by atoms with van der Waals surface area (Å²) in [4.78, 5) is 3.16. The number of halogens is 2. The van der Waals surface area contributed by atoms with Crippen LogP contribution in [0.4, 0.5) is 8.78 Å². The first-order chi connectivity index (χ1) is 8.69. The first kappa shape index (κ1) is 12.5. The average Bonchev–Trinajstić information content (AvgIpc) is 2.38. The number of methoxy groups -OCH3 is 1. The van der Waals surface area contributed by atoms with E-state index in [9.17, 15) is 8.78 Å². The summed E-state index contributed by atoms with van der Waals surface area (Å²) in [6.45, 7) is 0. The zero-order valence-corrected chi connectivity index (χ0v) is 9.99. The summed E-state index contributed by atoms with van der Waals surface area (Å²) in [7, 11) is 1.61. The van der Waals surface area contributed by atoms with Crippen LogP contribution in [0.3, 0.4) is 0 Å². The Bertz CT molecular complexity index is 526. The lowest BCUT2D eigenvalue weighted by atomic mass is 10.1. The number of hydrogen-bond acceptors (Lipinski definition) is 2. The van der Waals surface area contributed by atoms with Crippen LogP contribution >= 0.6 is 0 Å². The topological polar surface area (TPSA) is 22.1 Å². The van der Waals surface area contributed by atoms with Crippen LogP contribution in [0.1, 0.15) is 11.1 Å². The standard InChI is InChI=1S/C14H13F2NO/c1-18-12-7-3-10(4-8-12)2-5-11-6-9-13(15)17-14(11)16/h3-4,6-9H,2,5H2,1H3. The van der Waals surface area contributed by atoms with E-state index < -0.39 is 11.9 Å². The molecule has 0 radical (unpaired) electrons. The van der Waals surface area contributed by atoms with Crippen molar-refractivity contribution in [2.75, 3.05) is 7.11 Å². The van der Waals surface area contributed by atoms with E-state index in [1.807, 2.05) is 24.3 Å². The second-order valence-electron chi connectivity index (χ2n) is 3.93. The molecule has 94 valence electrons. The van der Waals surface area contributed by atoms with Crippen LogP contribution in [0.5, 0.6) is 5.75 Å². The van der Waals surface area contributed by atoms with Gasteiger partial charge in [0.05, 0.1) is 7.11 Å². The van der Waals surface area contributed by atoms with Gasteiger partial charge in [0.15, 0.2) is 0 Å². The number of nitrogens with zero attached hydrogens (tertiary/aromatic N) is 1.